The van der Waals surface area contributed by atoms with Crippen molar-refractivity contribution >= 4 is 17.7 Å². The molecule has 10 heteroatoms. The first-order valence-electron chi connectivity index (χ1n) is 8.04. The Morgan fingerprint density at radius 2 is 1.74 bits per heavy atom. The lowest BCUT2D eigenvalue weighted by atomic mass is 10.1. The van der Waals surface area contributed by atoms with E-state index in [1.807, 2.05) is 0 Å². The molecule has 0 bridgehead atoms. The number of hydrogen-bond donors (Lipinski definition) is 1. The number of esters is 1. The number of benzene rings is 1. The molecule has 0 radical (unpaired) electrons. The van der Waals surface area contributed by atoms with Gasteiger partial charge >= 0.3 is 12.1 Å². The van der Waals surface area contributed by atoms with Gasteiger partial charge in [0.25, 0.3) is 5.69 Å². The SMILES string of the molecule is COc1cc(COC(=O)[C@H](C)NC(=O)OC(C)(C)C)c([N+](=O)[O-])cc1OC. The summed E-state index contributed by atoms with van der Waals surface area (Å²) < 4.78 is 20.3. The number of nitrogens with zero attached hydrogens (tertiary/aromatic N) is 1. The van der Waals surface area contributed by atoms with Crippen LogP contribution >= 0.6 is 0 Å². The second kappa shape index (κ2) is 9.06. The van der Waals surface area contributed by atoms with Crippen molar-refractivity contribution in [2.24, 2.45) is 0 Å². The number of nitro groups is 1. The molecule has 0 unspecified atom stereocenters. The number of amides is 1. The zero-order valence-electron chi connectivity index (χ0n) is 16.2. The monoisotopic (exact) mass is 384 g/mol. The molecule has 0 aliphatic rings. The van der Waals surface area contributed by atoms with E-state index >= 15 is 0 Å². The molecule has 0 aromatic heterocycles. The van der Waals surface area contributed by atoms with Gasteiger partial charge in [0.2, 0.25) is 0 Å². The minimum Gasteiger partial charge on any atom is -0.493 e. The predicted octanol–water partition coefficient (Wildman–Crippen LogP) is 2.57. The van der Waals surface area contributed by atoms with Crippen LogP contribution in [-0.2, 0) is 20.9 Å². The van der Waals surface area contributed by atoms with E-state index in [0.717, 1.165) is 0 Å². The van der Waals surface area contributed by atoms with Crippen LogP contribution in [0.15, 0.2) is 12.1 Å². The molecule has 27 heavy (non-hydrogen) atoms. The Hall–Kier alpha value is -3.04. The summed E-state index contributed by atoms with van der Waals surface area (Å²) in [6, 6.07) is 1.54. The Labute approximate surface area is 156 Å². The van der Waals surface area contributed by atoms with E-state index in [-0.39, 0.29) is 29.4 Å². The quantitative estimate of drug-likeness (QED) is 0.432. The smallest absolute Gasteiger partial charge is 0.408 e. The van der Waals surface area contributed by atoms with Crippen LogP contribution in [-0.4, -0.2) is 42.8 Å². The Bertz CT molecular complexity index is 712. The lowest BCUT2D eigenvalue weighted by Crippen LogP contribution is -2.42. The minimum absolute atomic E-state index is 0.121. The average molecular weight is 384 g/mol. The van der Waals surface area contributed by atoms with Gasteiger partial charge in [-0.25, -0.2) is 9.59 Å². The highest BCUT2D eigenvalue weighted by atomic mass is 16.6. The number of ether oxygens (including phenoxy) is 4. The number of methoxy groups -OCH3 is 2. The molecule has 1 rings (SSSR count). The third kappa shape index (κ3) is 6.65. The van der Waals surface area contributed by atoms with Crippen molar-refractivity contribution in [3.8, 4) is 11.5 Å². The van der Waals surface area contributed by atoms with E-state index in [0.29, 0.717) is 0 Å². The van der Waals surface area contributed by atoms with Gasteiger partial charge in [0.1, 0.15) is 18.2 Å². The van der Waals surface area contributed by atoms with E-state index in [1.54, 1.807) is 20.8 Å². The molecule has 1 N–H and O–H groups in total. The molecule has 0 heterocycles. The van der Waals surface area contributed by atoms with Crippen LogP contribution in [0, 0.1) is 10.1 Å². The Balaban J connectivity index is 2.83. The molecule has 0 spiro atoms. The number of nitro benzene ring substituents is 1. The maximum atomic E-state index is 12.1. The average Bonchev–Trinajstić information content (AvgIpc) is 2.56. The normalized spacial score (nSPS) is 11.9. The topological polar surface area (TPSA) is 126 Å². The highest BCUT2D eigenvalue weighted by Crippen LogP contribution is 2.34. The molecule has 0 saturated heterocycles. The third-order valence-electron chi connectivity index (χ3n) is 3.24. The lowest BCUT2D eigenvalue weighted by molar-refractivity contribution is -0.385. The molecule has 0 saturated carbocycles. The van der Waals surface area contributed by atoms with Crippen molar-refractivity contribution in [1.82, 2.24) is 5.32 Å². The Morgan fingerprint density at radius 3 is 2.22 bits per heavy atom. The van der Waals surface area contributed by atoms with Gasteiger partial charge < -0.3 is 24.3 Å². The highest BCUT2D eigenvalue weighted by Gasteiger charge is 2.24. The van der Waals surface area contributed by atoms with Gasteiger partial charge in [0, 0.05) is 0 Å². The fourth-order valence-corrected chi connectivity index (χ4v) is 2.01. The number of hydrogen-bond acceptors (Lipinski definition) is 8. The van der Waals surface area contributed by atoms with Gasteiger partial charge in [-0.1, -0.05) is 0 Å². The van der Waals surface area contributed by atoms with E-state index in [4.69, 9.17) is 18.9 Å². The number of carbonyl (C=O) groups is 2. The van der Waals surface area contributed by atoms with E-state index in [1.165, 1.54) is 33.3 Å². The molecule has 150 valence electrons. The maximum absolute atomic E-state index is 12.1. The van der Waals surface area contributed by atoms with Gasteiger partial charge in [0.15, 0.2) is 11.5 Å². The predicted molar refractivity (Wildman–Crippen MR) is 94.8 cm³/mol. The van der Waals surface area contributed by atoms with Crippen molar-refractivity contribution in [3.63, 3.8) is 0 Å². The summed E-state index contributed by atoms with van der Waals surface area (Å²) in [4.78, 5) is 34.4. The number of carbonyl (C=O) groups excluding carboxylic acids is 2. The number of alkyl carbamates (subject to hydrolysis) is 1. The second-order valence-electron chi connectivity index (χ2n) is 6.57. The summed E-state index contributed by atoms with van der Waals surface area (Å²) in [5, 5.41) is 13.6. The van der Waals surface area contributed by atoms with Crippen LogP contribution in [0.3, 0.4) is 0 Å². The molecule has 10 nitrogen and oxygen atoms in total. The number of nitrogens with one attached hydrogen (secondary N) is 1. The Morgan fingerprint density at radius 1 is 1.19 bits per heavy atom. The summed E-state index contributed by atoms with van der Waals surface area (Å²) in [5.74, 6) is -0.335. The van der Waals surface area contributed by atoms with Gasteiger partial charge in [-0.05, 0) is 33.8 Å². The fourth-order valence-electron chi connectivity index (χ4n) is 2.01. The van der Waals surface area contributed by atoms with Gasteiger partial charge in [-0.15, -0.1) is 0 Å². The first-order chi connectivity index (χ1) is 12.5. The van der Waals surface area contributed by atoms with Crippen LogP contribution in [0.2, 0.25) is 0 Å². The fraction of sp³-hybridized carbons (Fsp3) is 0.529. The van der Waals surface area contributed by atoms with Crippen molar-refractivity contribution in [3.05, 3.63) is 27.8 Å². The first-order valence-corrected chi connectivity index (χ1v) is 8.04. The standard InChI is InChI=1S/C17H24N2O8/c1-10(18-16(21)27-17(2,3)4)15(20)26-9-11-7-13(24-5)14(25-6)8-12(11)19(22)23/h7-8,10H,9H2,1-6H3,(H,18,21)/t10-/m0/s1. The van der Waals surface area contributed by atoms with Crippen LogP contribution in [0.5, 0.6) is 11.5 Å². The molecule has 1 atom stereocenters. The lowest BCUT2D eigenvalue weighted by Gasteiger charge is -2.21. The van der Waals surface area contributed by atoms with Crippen molar-refractivity contribution in [2.45, 2.75) is 45.9 Å². The zero-order chi connectivity index (χ0) is 20.8. The Kier molecular flexibility index (Phi) is 7.38. The van der Waals surface area contributed by atoms with Crippen LogP contribution in [0.1, 0.15) is 33.3 Å². The summed E-state index contributed by atoms with van der Waals surface area (Å²) >= 11 is 0. The van der Waals surface area contributed by atoms with E-state index in [9.17, 15) is 19.7 Å². The largest absolute Gasteiger partial charge is 0.493 e. The van der Waals surface area contributed by atoms with Gasteiger partial charge in [-0.2, -0.15) is 0 Å². The molecule has 0 aliphatic heterocycles. The molecule has 1 amide bonds. The molecule has 1 aromatic carbocycles. The molecular weight excluding hydrogens is 360 g/mol. The third-order valence-corrected chi connectivity index (χ3v) is 3.24. The summed E-state index contributed by atoms with van der Waals surface area (Å²) in [6.45, 7) is 6.09. The summed E-state index contributed by atoms with van der Waals surface area (Å²) in [5.41, 5.74) is -0.878. The zero-order valence-corrected chi connectivity index (χ0v) is 16.2. The molecular formula is C17H24N2O8. The molecule has 0 aliphatic carbocycles. The van der Waals surface area contributed by atoms with Gasteiger partial charge in [-0.3, -0.25) is 10.1 Å². The maximum Gasteiger partial charge on any atom is 0.408 e. The van der Waals surface area contributed by atoms with Crippen molar-refractivity contribution in [1.29, 1.82) is 0 Å². The highest BCUT2D eigenvalue weighted by molar-refractivity contribution is 5.81. The van der Waals surface area contributed by atoms with E-state index in [2.05, 4.69) is 5.32 Å². The molecule has 1 aromatic rings. The van der Waals surface area contributed by atoms with Crippen molar-refractivity contribution < 1.29 is 33.5 Å². The van der Waals surface area contributed by atoms with Crippen LogP contribution < -0.4 is 14.8 Å². The summed E-state index contributed by atoms with van der Waals surface area (Å²) in [7, 11) is 2.73. The van der Waals surface area contributed by atoms with Crippen molar-refractivity contribution in [2.75, 3.05) is 14.2 Å². The summed E-state index contributed by atoms with van der Waals surface area (Å²) in [6.07, 6.45) is -0.774. The number of rotatable bonds is 7. The van der Waals surface area contributed by atoms with E-state index < -0.39 is 28.6 Å². The van der Waals surface area contributed by atoms with Crippen LogP contribution in [0.4, 0.5) is 10.5 Å². The minimum atomic E-state index is -1.00. The van der Waals surface area contributed by atoms with Crippen LogP contribution in [0.25, 0.3) is 0 Å². The first kappa shape index (κ1) is 22.0. The molecule has 0 fully saturated rings. The van der Waals surface area contributed by atoms with Gasteiger partial charge in [0.05, 0.1) is 30.8 Å². The second-order valence-corrected chi connectivity index (χ2v) is 6.57.